The first kappa shape index (κ1) is 16.7. The Bertz CT molecular complexity index is 599. The number of nitrogens with zero attached hydrogens (tertiary/aromatic N) is 1. The highest BCUT2D eigenvalue weighted by Crippen LogP contribution is 2.42. The number of thiocarbonyl (C=S) groups is 1. The fraction of sp³-hybridized carbons (Fsp3) is 0.632. The molecule has 0 radical (unpaired) electrons. The smallest absolute Gasteiger partial charge is 0.161 e. The van der Waals surface area contributed by atoms with Crippen LogP contribution in [0.15, 0.2) is 12.1 Å². The van der Waals surface area contributed by atoms with E-state index in [9.17, 15) is 0 Å². The molecule has 0 bridgehead atoms. The van der Waals surface area contributed by atoms with Crippen molar-refractivity contribution in [3.8, 4) is 11.5 Å². The summed E-state index contributed by atoms with van der Waals surface area (Å²) >= 11 is 5.77. The van der Waals surface area contributed by atoms with Gasteiger partial charge in [0.05, 0.1) is 14.2 Å². The fourth-order valence-electron chi connectivity index (χ4n) is 4.05. The SMILES string of the molecule is COc1cc2c(cc1OC)C1CC(=S)C(CC(C)C)CN1CC2. The Hall–Kier alpha value is -1.13. The highest BCUT2D eigenvalue weighted by Gasteiger charge is 2.36. The van der Waals surface area contributed by atoms with E-state index in [-0.39, 0.29) is 0 Å². The molecule has 0 saturated carbocycles. The Labute approximate surface area is 145 Å². The lowest BCUT2D eigenvalue weighted by Gasteiger charge is -2.44. The quantitative estimate of drug-likeness (QED) is 0.775. The van der Waals surface area contributed by atoms with E-state index < -0.39 is 0 Å². The third kappa shape index (κ3) is 3.24. The molecule has 2 atom stereocenters. The number of ether oxygens (including phenoxy) is 2. The van der Waals surface area contributed by atoms with Gasteiger partial charge in [0, 0.05) is 25.0 Å². The summed E-state index contributed by atoms with van der Waals surface area (Å²) in [6, 6.07) is 4.72. The fourth-order valence-corrected chi connectivity index (χ4v) is 4.38. The summed E-state index contributed by atoms with van der Waals surface area (Å²) < 4.78 is 11.0. The van der Waals surface area contributed by atoms with E-state index in [0.717, 1.165) is 37.4 Å². The molecule has 0 amide bonds. The van der Waals surface area contributed by atoms with Crippen molar-refractivity contribution < 1.29 is 9.47 Å². The molecule has 0 aromatic heterocycles. The van der Waals surface area contributed by atoms with E-state index in [1.165, 1.54) is 22.4 Å². The van der Waals surface area contributed by atoms with E-state index in [4.69, 9.17) is 21.7 Å². The van der Waals surface area contributed by atoms with Gasteiger partial charge in [-0.15, -0.1) is 0 Å². The van der Waals surface area contributed by atoms with Gasteiger partial charge in [0.2, 0.25) is 0 Å². The van der Waals surface area contributed by atoms with E-state index in [1.807, 2.05) is 0 Å². The Morgan fingerprint density at radius 2 is 1.91 bits per heavy atom. The lowest BCUT2D eigenvalue weighted by Crippen LogP contribution is -2.46. The van der Waals surface area contributed by atoms with Crippen molar-refractivity contribution in [2.75, 3.05) is 27.3 Å². The van der Waals surface area contributed by atoms with Crippen molar-refractivity contribution in [3.63, 3.8) is 0 Å². The number of benzene rings is 1. The summed E-state index contributed by atoms with van der Waals surface area (Å²) in [5.41, 5.74) is 2.76. The van der Waals surface area contributed by atoms with Crippen LogP contribution in [0.25, 0.3) is 0 Å². The van der Waals surface area contributed by atoms with Gasteiger partial charge in [0.25, 0.3) is 0 Å². The standard InChI is InChI=1S/C19H27NO2S/c1-12(2)7-14-11-20-6-5-13-8-17(21-3)18(22-4)9-15(13)16(20)10-19(14)23/h8-9,12,14,16H,5-7,10-11H2,1-4H3. The van der Waals surface area contributed by atoms with E-state index in [0.29, 0.717) is 17.9 Å². The van der Waals surface area contributed by atoms with Crippen LogP contribution in [-0.2, 0) is 6.42 Å². The van der Waals surface area contributed by atoms with Crippen molar-refractivity contribution >= 4 is 17.1 Å². The summed E-state index contributed by atoms with van der Waals surface area (Å²) in [6.07, 6.45) is 3.28. The number of hydrogen-bond acceptors (Lipinski definition) is 4. The van der Waals surface area contributed by atoms with E-state index in [1.54, 1.807) is 14.2 Å². The van der Waals surface area contributed by atoms with Gasteiger partial charge in [-0.05, 0) is 53.3 Å². The molecule has 126 valence electrons. The molecule has 1 aromatic rings. The molecule has 0 N–H and O–H groups in total. The van der Waals surface area contributed by atoms with E-state index >= 15 is 0 Å². The highest BCUT2D eigenvalue weighted by molar-refractivity contribution is 7.80. The van der Waals surface area contributed by atoms with Crippen molar-refractivity contribution in [2.45, 2.75) is 39.2 Å². The molecule has 1 saturated heterocycles. The molecule has 3 rings (SSSR count). The van der Waals surface area contributed by atoms with Crippen LogP contribution in [0.3, 0.4) is 0 Å². The zero-order valence-corrected chi connectivity index (χ0v) is 15.4. The maximum atomic E-state index is 5.77. The van der Waals surface area contributed by atoms with Gasteiger partial charge in [-0.1, -0.05) is 26.1 Å². The molecule has 2 heterocycles. The van der Waals surface area contributed by atoms with Crippen molar-refractivity contribution in [2.24, 2.45) is 11.8 Å². The number of piperidine rings is 1. The predicted molar refractivity (Wildman–Crippen MR) is 97.7 cm³/mol. The third-order valence-corrected chi connectivity index (χ3v) is 5.67. The molecule has 23 heavy (non-hydrogen) atoms. The van der Waals surface area contributed by atoms with Gasteiger partial charge in [-0.25, -0.2) is 0 Å². The number of fused-ring (bicyclic) bond motifs is 3. The van der Waals surface area contributed by atoms with Crippen molar-refractivity contribution in [3.05, 3.63) is 23.3 Å². The molecule has 4 heteroatoms. The van der Waals surface area contributed by atoms with Crippen LogP contribution < -0.4 is 9.47 Å². The zero-order valence-electron chi connectivity index (χ0n) is 14.6. The first-order chi connectivity index (χ1) is 11.0. The molecular weight excluding hydrogens is 306 g/mol. The molecule has 2 aliphatic heterocycles. The number of hydrogen-bond donors (Lipinski definition) is 0. The Balaban J connectivity index is 1.89. The molecule has 2 unspecified atom stereocenters. The average Bonchev–Trinajstić information content (AvgIpc) is 2.53. The molecule has 1 aromatic carbocycles. The maximum Gasteiger partial charge on any atom is 0.161 e. The second kappa shape index (κ2) is 6.78. The second-order valence-corrected chi connectivity index (χ2v) is 7.69. The van der Waals surface area contributed by atoms with Crippen LogP contribution in [0.1, 0.15) is 43.9 Å². The summed E-state index contributed by atoms with van der Waals surface area (Å²) in [6.45, 7) is 6.80. The normalized spacial score (nSPS) is 24.3. The second-order valence-electron chi connectivity index (χ2n) is 7.16. The van der Waals surface area contributed by atoms with Gasteiger partial charge in [-0.3, -0.25) is 4.90 Å². The molecular formula is C19H27NO2S. The lowest BCUT2D eigenvalue weighted by molar-refractivity contribution is 0.149. The molecule has 1 fully saturated rings. The Morgan fingerprint density at radius 3 is 2.57 bits per heavy atom. The molecule has 0 aliphatic carbocycles. The van der Waals surface area contributed by atoms with Gasteiger partial charge in [0.1, 0.15) is 0 Å². The van der Waals surface area contributed by atoms with Gasteiger partial charge < -0.3 is 9.47 Å². The van der Waals surface area contributed by atoms with Crippen molar-refractivity contribution in [1.82, 2.24) is 4.90 Å². The van der Waals surface area contributed by atoms with Crippen LogP contribution >= 0.6 is 12.2 Å². The minimum Gasteiger partial charge on any atom is -0.493 e. The topological polar surface area (TPSA) is 21.7 Å². The highest BCUT2D eigenvalue weighted by atomic mass is 32.1. The first-order valence-electron chi connectivity index (χ1n) is 8.55. The van der Waals surface area contributed by atoms with Gasteiger partial charge in [-0.2, -0.15) is 0 Å². The number of methoxy groups -OCH3 is 2. The van der Waals surface area contributed by atoms with Crippen LogP contribution in [0, 0.1) is 11.8 Å². The largest absolute Gasteiger partial charge is 0.493 e. The van der Waals surface area contributed by atoms with Crippen LogP contribution in [0.5, 0.6) is 11.5 Å². The van der Waals surface area contributed by atoms with E-state index in [2.05, 4.69) is 30.9 Å². The Morgan fingerprint density at radius 1 is 1.22 bits per heavy atom. The van der Waals surface area contributed by atoms with Crippen LogP contribution in [-0.4, -0.2) is 37.1 Å². The maximum absolute atomic E-state index is 5.77. The molecule has 3 nitrogen and oxygen atoms in total. The predicted octanol–water partition coefficient (Wildman–Crippen LogP) is 4.04. The monoisotopic (exact) mass is 333 g/mol. The summed E-state index contributed by atoms with van der Waals surface area (Å²) in [4.78, 5) is 3.87. The lowest BCUT2D eigenvalue weighted by atomic mass is 9.80. The van der Waals surface area contributed by atoms with Gasteiger partial charge in [0.15, 0.2) is 11.5 Å². The van der Waals surface area contributed by atoms with Crippen LogP contribution in [0.2, 0.25) is 0 Å². The Kier molecular flexibility index (Phi) is 4.93. The molecule has 0 spiro atoms. The molecule has 2 aliphatic rings. The third-order valence-electron chi connectivity index (χ3n) is 5.17. The summed E-state index contributed by atoms with van der Waals surface area (Å²) in [7, 11) is 3.40. The minimum absolute atomic E-state index is 0.412. The number of rotatable bonds is 4. The first-order valence-corrected chi connectivity index (χ1v) is 8.95. The van der Waals surface area contributed by atoms with Crippen LogP contribution in [0.4, 0.5) is 0 Å². The minimum atomic E-state index is 0.412. The summed E-state index contributed by atoms with van der Waals surface area (Å²) in [5, 5.41) is 0. The van der Waals surface area contributed by atoms with Gasteiger partial charge >= 0.3 is 0 Å². The summed E-state index contributed by atoms with van der Waals surface area (Å²) in [5.74, 6) is 2.93. The van der Waals surface area contributed by atoms with Crippen molar-refractivity contribution in [1.29, 1.82) is 0 Å². The average molecular weight is 333 g/mol. The zero-order chi connectivity index (χ0) is 16.6.